The summed E-state index contributed by atoms with van der Waals surface area (Å²) in [6.07, 6.45) is 3.38. The van der Waals surface area contributed by atoms with Crippen molar-refractivity contribution in [1.82, 2.24) is 5.32 Å². The van der Waals surface area contributed by atoms with E-state index in [1.807, 2.05) is 30.1 Å². The summed E-state index contributed by atoms with van der Waals surface area (Å²) >= 11 is 3.77. The maximum atomic E-state index is 3.38. The van der Waals surface area contributed by atoms with Crippen molar-refractivity contribution in [2.24, 2.45) is 0 Å². The third kappa shape index (κ3) is 3.01. The molecule has 0 aliphatic heterocycles. The second kappa shape index (κ2) is 5.68. The molecule has 0 amide bonds. The van der Waals surface area contributed by atoms with E-state index >= 15 is 0 Å². The molecule has 1 unspecified atom stereocenters. The number of hydrogen-bond donors (Lipinski definition) is 1. The standard InChI is InChI=1S/C10H17NS2/c1-8-4-7-13-10(8)9(11-2)5-6-12-3/h4,7,9,11H,5-6H2,1-3H3. The van der Waals surface area contributed by atoms with Gasteiger partial charge in [0.2, 0.25) is 0 Å². The van der Waals surface area contributed by atoms with Crippen molar-refractivity contribution in [2.75, 3.05) is 19.1 Å². The molecule has 1 N–H and O–H groups in total. The van der Waals surface area contributed by atoms with Gasteiger partial charge < -0.3 is 5.32 Å². The lowest BCUT2D eigenvalue weighted by molar-refractivity contribution is 0.588. The summed E-state index contributed by atoms with van der Waals surface area (Å²) in [4.78, 5) is 1.50. The SMILES string of the molecule is CNC(CCSC)c1sccc1C. The maximum absolute atomic E-state index is 3.38. The Bertz CT molecular complexity index is 245. The molecule has 0 aliphatic rings. The number of hydrogen-bond acceptors (Lipinski definition) is 3. The van der Waals surface area contributed by atoms with E-state index in [4.69, 9.17) is 0 Å². The Balaban J connectivity index is 2.61. The molecule has 1 nitrogen and oxygen atoms in total. The first-order valence-corrected chi connectivity index (χ1v) is 6.77. The van der Waals surface area contributed by atoms with Crippen molar-refractivity contribution < 1.29 is 0 Å². The Morgan fingerprint density at radius 3 is 2.85 bits per heavy atom. The van der Waals surface area contributed by atoms with Crippen LogP contribution in [0.3, 0.4) is 0 Å². The fourth-order valence-corrected chi connectivity index (χ4v) is 2.93. The lowest BCUT2D eigenvalue weighted by Crippen LogP contribution is -2.16. The first-order chi connectivity index (χ1) is 6.29. The molecule has 0 radical (unpaired) electrons. The van der Waals surface area contributed by atoms with Gasteiger partial charge in [-0.05, 0) is 49.4 Å². The summed E-state index contributed by atoms with van der Waals surface area (Å²) in [5, 5.41) is 5.55. The third-order valence-corrected chi connectivity index (χ3v) is 3.95. The van der Waals surface area contributed by atoms with Crippen molar-refractivity contribution >= 4 is 23.1 Å². The van der Waals surface area contributed by atoms with Gasteiger partial charge in [-0.3, -0.25) is 0 Å². The monoisotopic (exact) mass is 215 g/mol. The second-order valence-electron chi connectivity index (χ2n) is 3.09. The normalized spacial score (nSPS) is 13.2. The molecule has 0 fully saturated rings. The van der Waals surface area contributed by atoms with Crippen molar-refractivity contribution in [3.63, 3.8) is 0 Å². The Hall–Kier alpha value is 0.0100. The van der Waals surface area contributed by atoms with E-state index in [0.717, 1.165) is 0 Å². The van der Waals surface area contributed by atoms with Crippen LogP contribution in [0.5, 0.6) is 0 Å². The molecule has 0 bridgehead atoms. The maximum Gasteiger partial charge on any atom is 0.0422 e. The van der Waals surface area contributed by atoms with Crippen molar-refractivity contribution in [3.8, 4) is 0 Å². The van der Waals surface area contributed by atoms with Crippen LogP contribution in [-0.4, -0.2) is 19.1 Å². The van der Waals surface area contributed by atoms with Crippen LogP contribution in [0.25, 0.3) is 0 Å². The number of rotatable bonds is 5. The van der Waals surface area contributed by atoms with E-state index in [1.165, 1.54) is 22.6 Å². The molecule has 1 aromatic rings. The van der Waals surface area contributed by atoms with E-state index in [2.05, 4.69) is 29.9 Å². The molecule has 1 atom stereocenters. The van der Waals surface area contributed by atoms with Crippen LogP contribution >= 0.6 is 23.1 Å². The summed E-state index contributed by atoms with van der Waals surface area (Å²) < 4.78 is 0. The van der Waals surface area contributed by atoms with Gasteiger partial charge in [-0.1, -0.05) is 0 Å². The molecule has 0 aromatic carbocycles. The highest BCUT2D eigenvalue weighted by Crippen LogP contribution is 2.26. The van der Waals surface area contributed by atoms with Crippen LogP contribution in [-0.2, 0) is 0 Å². The number of aryl methyl sites for hydroxylation is 1. The fraction of sp³-hybridized carbons (Fsp3) is 0.600. The fourth-order valence-electron chi connectivity index (χ4n) is 1.38. The quantitative estimate of drug-likeness (QED) is 0.810. The van der Waals surface area contributed by atoms with Gasteiger partial charge in [0, 0.05) is 10.9 Å². The summed E-state index contributed by atoms with van der Waals surface area (Å²) in [6.45, 7) is 2.19. The molecule has 1 heterocycles. The van der Waals surface area contributed by atoms with Crippen LogP contribution in [0.4, 0.5) is 0 Å². The smallest absolute Gasteiger partial charge is 0.0422 e. The van der Waals surface area contributed by atoms with Crippen LogP contribution in [0.1, 0.15) is 22.9 Å². The zero-order valence-corrected chi connectivity index (χ0v) is 10.1. The predicted octanol–water partition coefficient (Wildman–Crippen LogP) is 3.07. The van der Waals surface area contributed by atoms with Gasteiger partial charge >= 0.3 is 0 Å². The van der Waals surface area contributed by atoms with Crippen LogP contribution < -0.4 is 5.32 Å². The van der Waals surface area contributed by atoms with Gasteiger partial charge in [-0.15, -0.1) is 11.3 Å². The Morgan fingerprint density at radius 2 is 2.38 bits per heavy atom. The lowest BCUT2D eigenvalue weighted by atomic mass is 10.1. The Kier molecular flexibility index (Phi) is 4.84. The van der Waals surface area contributed by atoms with Gasteiger partial charge in [0.05, 0.1) is 0 Å². The Morgan fingerprint density at radius 1 is 1.62 bits per heavy atom. The van der Waals surface area contributed by atoms with Gasteiger partial charge in [0.25, 0.3) is 0 Å². The lowest BCUT2D eigenvalue weighted by Gasteiger charge is -2.14. The van der Waals surface area contributed by atoms with E-state index < -0.39 is 0 Å². The van der Waals surface area contributed by atoms with Crippen molar-refractivity contribution in [1.29, 1.82) is 0 Å². The summed E-state index contributed by atoms with van der Waals surface area (Å²) in [6, 6.07) is 2.75. The van der Waals surface area contributed by atoms with E-state index in [0.29, 0.717) is 6.04 Å². The highest BCUT2D eigenvalue weighted by Gasteiger charge is 2.11. The topological polar surface area (TPSA) is 12.0 Å². The predicted molar refractivity (Wildman–Crippen MR) is 63.9 cm³/mol. The van der Waals surface area contributed by atoms with Gasteiger partial charge in [0.15, 0.2) is 0 Å². The van der Waals surface area contributed by atoms with Gasteiger partial charge in [-0.2, -0.15) is 11.8 Å². The molecule has 3 heteroatoms. The van der Waals surface area contributed by atoms with E-state index in [1.54, 1.807) is 0 Å². The summed E-state index contributed by atoms with van der Waals surface area (Å²) in [5.74, 6) is 1.23. The van der Waals surface area contributed by atoms with Crippen LogP contribution in [0, 0.1) is 6.92 Å². The molecule has 13 heavy (non-hydrogen) atoms. The molecule has 0 saturated heterocycles. The summed E-state index contributed by atoms with van der Waals surface area (Å²) in [5.41, 5.74) is 1.42. The van der Waals surface area contributed by atoms with E-state index in [9.17, 15) is 0 Å². The largest absolute Gasteiger partial charge is 0.312 e. The zero-order chi connectivity index (χ0) is 9.68. The first-order valence-electron chi connectivity index (χ1n) is 4.49. The Labute approximate surface area is 88.9 Å². The average Bonchev–Trinajstić information content (AvgIpc) is 2.54. The van der Waals surface area contributed by atoms with Gasteiger partial charge in [0.1, 0.15) is 0 Å². The molecule has 0 saturated carbocycles. The number of thiophene rings is 1. The zero-order valence-electron chi connectivity index (χ0n) is 8.46. The molecule has 1 aromatic heterocycles. The highest BCUT2D eigenvalue weighted by molar-refractivity contribution is 7.98. The highest BCUT2D eigenvalue weighted by atomic mass is 32.2. The molecule has 1 rings (SSSR count). The average molecular weight is 215 g/mol. The molecular weight excluding hydrogens is 198 g/mol. The minimum absolute atomic E-state index is 0.549. The second-order valence-corrected chi connectivity index (χ2v) is 5.02. The molecule has 0 aliphatic carbocycles. The number of nitrogens with one attached hydrogen (secondary N) is 1. The van der Waals surface area contributed by atoms with Gasteiger partial charge in [-0.25, -0.2) is 0 Å². The minimum atomic E-state index is 0.549. The molecule has 74 valence electrons. The van der Waals surface area contributed by atoms with Crippen molar-refractivity contribution in [2.45, 2.75) is 19.4 Å². The van der Waals surface area contributed by atoms with Crippen molar-refractivity contribution in [3.05, 3.63) is 21.9 Å². The number of thioether (sulfide) groups is 1. The summed E-state index contributed by atoms with van der Waals surface area (Å²) in [7, 11) is 2.05. The van der Waals surface area contributed by atoms with E-state index in [-0.39, 0.29) is 0 Å². The minimum Gasteiger partial charge on any atom is -0.312 e. The third-order valence-electron chi connectivity index (χ3n) is 2.18. The molecule has 0 spiro atoms. The van der Waals surface area contributed by atoms with Crippen LogP contribution in [0.15, 0.2) is 11.4 Å². The molecular formula is C10H17NS2. The first kappa shape index (κ1) is 11.1. The van der Waals surface area contributed by atoms with Crippen LogP contribution in [0.2, 0.25) is 0 Å².